The molecule has 2 aromatic carbocycles. The highest BCUT2D eigenvalue weighted by molar-refractivity contribution is 6.33. The fourth-order valence-corrected chi connectivity index (χ4v) is 3.54. The Bertz CT molecular complexity index is 1290. The van der Waals surface area contributed by atoms with Gasteiger partial charge in [-0.05, 0) is 36.2 Å². The summed E-state index contributed by atoms with van der Waals surface area (Å²) >= 11 is 0. The average Bonchev–Trinajstić information content (AvgIpc) is 2.85. The van der Waals surface area contributed by atoms with E-state index in [0.717, 1.165) is 11.3 Å². The largest absolute Gasteiger partial charge is 0.491 e. The number of anilines is 1. The van der Waals surface area contributed by atoms with Gasteiger partial charge in [0.1, 0.15) is 18.2 Å². The van der Waals surface area contributed by atoms with Crippen molar-refractivity contribution in [1.29, 1.82) is 5.41 Å². The quantitative estimate of drug-likeness (QED) is 0.118. The average molecular weight is 511 g/mol. The van der Waals surface area contributed by atoms with Crippen molar-refractivity contribution in [2.45, 2.75) is 31.8 Å². The van der Waals surface area contributed by atoms with E-state index in [0.29, 0.717) is 12.1 Å². The fraction of sp³-hybridized carbons (Fsp3) is 0.250. The maximum Gasteiger partial charge on any atom is 0.372 e. The maximum atomic E-state index is 12.9. The summed E-state index contributed by atoms with van der Waals surface area (Å²) in [6.45, 7) is 0.104. The Balaban J connectivity index is 1.78. The third kappa shape index (κ3) is 7.27. The van der Waals surface area contributed by atoms with Crippen LogP contribution in [0.25, 0.3) is 0 Å². The van der Waals surface area contributed by atoms with Crippen molar-refractivity contribution in [1.82, 2.24) is 5.32 Å². The Morgan fingerprint density at radius 2 is 1.86 bits per heavy atom. The molecule has 1 atom stereocenters. The van der Waals surface area contributed by atoms with E-state index < -0.39 is 36.1 Å². The van der Waals surface area contributed by atoms with Gasteiger partial charge in [0.2, 0.25) is 5.78 Å². The van der Waals surface area contributed by atoms with Gasteiger partial charge >= 0.3 is 11.9 Å². The lowest BCUT2D eigenvalue weighted by Gasteiger charge is -2.21. The van der Waals surface area contributed by atoms with E-state index in [-0.39, 0.29) is 48.1 Å². The number of carbonyl (C=O) groups excluding carboxylic acids is 2. The van der Waals surface area contributed by atoms with E-state index in [1.54, 1.807) is 18.2 Å². The second-order valence-electron chi connectivity index (χ2n) is 8.25. The predicted molar refractivity (Wildman–Crippen MR) is 133 cm³/mol. The number of carboxylic acid groups (broad SMARTS) is 2. The first-order valence-electron chi connectivity index (χ1n) is 11.1. The summed E-state index contributed by atoms with van der Waals surface area (Å²) in [5.41, 5.74) is 13.5. The van der Waals surface area contributed by atoms with Gasteiger partial charge in [-0.15, -0.1) is 0 Å². The number of amidine groups is 1. The first-order valence-corrected chi connectivity index (χ1v) is 11.1. The molecule has 0 radical (unpaired) electrons. The molecule has 0 spiro atoms. The SMILES string of the molecule is N=C(N)c1ccc(CC(=O)C(=O)O)c(OCC(CCC(=O)O)NC(=O)c2ccc3c(c2)CN=C(N)N3)c1. The number of rotatable bonds is 12. The summed E-state index contributed by atoms with van der Waals surface area (Å²) in [6, 6.07) is 8.42. The van der Waals surface area contributed by atoms with Gasteiger partial charge in [0.05, 0.1) is 12.6 Å². The number of nitrogens with one attached hydrogen (secondary N) is 3. The first-order chi connectivity index (χ1) is 17.5. The van der Waals surface area contributed by atoms with Crippen molar-refractivity contribution in [3.8, 4) is 5.75 Å². The highest BCUT2D eigenvalue weighted by atomic mass is 16.5. The Labute approximate surface area is 211 Å². The minimum absolute atomic E-state index is 0.0319. The number of fused-ring (bicyclic) bond motifs is 1. The van der Waals surface area contributed by atoms with Gasteiger partial charge in [-0.2, -0.15) is 0 Å². The minimum atomic E-state index is -1.61. The second-order valence-corrected chi connectivity index (χ2v) is 8.25. The Kier molecular flexibility index (Phi) is 8.40. The van der Waals surface area contributed by atoms with Crippen LogP contribution in [0.3, 0.4) is 0 Å². The summed E-state index contributed by atoms with van der Waals surface area (Å²) in [5.74, 6) is -4.12. The molecule has 0 fully saturated rings. The number of carboxylic acids is 2. The number of aliphatic carboxylic acids is 2. The van der Waals surface area contributed by atoms with Crippen LogP contribution in [0.1, 0.15) is 39.9 Å². The Morgan fingerprint density at radius 3 is 2.54 bits per heavy atom. The van der Waals surface area contributed by atoms with Crippen LogP contribution in [0, 0.1) is 5.41 Å². The van der Waals surface area contributed by atoms with Gasteiger partial charge in [-0.1, -0.05) is 12.1 Å². The number of guanidine groups is 1. The second kappa shape index (κ2) is 11.7. The molecule has 0 saturated heterocycles. The van der Waals surface area contributed by atoms with Crippen molar-refractivity contribution in [3.63, 3.8) is 0 Å². The number of ketones is 1. The van der Waals surface area contributed by atoms with Gasteiger partial charge in [-0.25, -0.2) is 9.79 Å². The number of nitrogens with two attached hydrogens (primary N) is 2. The van der Waals surface area contributed by atoms with Gasteiger partial charge in [-0.3, -0.25) is 19.8 Å². The zero-order valence-corrected chi connectivity index (χ0v) is 19.6. The van der Waals surface area contributed by atoms with Crippen LogP contribution in [-0.4, -0.2) is 58.3 Å². The molecule has 3 rings (SSSR count). The Morgan fingerprint density at radius 1 is 1.14 bits per heavy atom. The van der Waals surface area contributed by atoms with Gasteiger partial charge in [0.15, 0.2) is 5.96 Å². The van der Waals surface area contributed by atoms with E-state index in [1.165, 1.54) is 18.2 Å². The molecule has 13 heteroatoms. The minimum Gasteiger partial charge on any atom is -0.491 e. The number of nitrogens with zero attached hydrogens (tertiary/aromatic N) is 1. The number of benzene rings is 2. The lowest BCUT2D eigenvalue weighted by Crippen LogP contribution is -2.39. The fourth-order valence-electron chi connectivity index (χ4n) is 3.54. The molecule has 13 nitrogen and oxygen atoms in total. The van der Waals surface area contributed by atoms with E-state index in [9.17, 15) is 19.2 Å². The lowest BCUT2D eigenvalue weighted by atomic mass is 10.0. The first kappa shape index (κ1) is 26.7. The van der Waals surface area contributed by atoms with Crippen molar-refractivity contribution < 1.29 is 34.1 Å². The highest BCUT2D eigenvalue weighted by Crippen LogP contribution is 2.23. The molecule has 1 aliphatic rings. The number of amides is 1. The molecule has 0 bridgehead atoms. The zero-order chi connectivity index (χ0) is 27.1. The molecule has 0 aromatic heterocycles. The molecule has 1 unspecified atom stereocenters. The number of ether oxygens (including phenoxy) is 1. The molecular formula is C24H26N6O7. The molecule has 1 heterocycles. The summed E-state index contributed by atoms with van der Waals surface area (Å²) in [4.78, 5) is 51.0. The van der Waals surface area contributed by atoms with Crippen molar-refractivity contribution in [2.24, 2.45) is 16.5 Å². The molecule has 1 aliphatic heterocycles. The van der Waals surface area contributed by atoms with E-state index in [4.69, 9.17) is 31.8 Å². The van der Waals surface area contributed by atoms with Crippen LogP contribution in [0.4, 0.5) is 5.69 Å². The van der Waals surface area contributed by atoms with Crippen LogP contribution >= 0.6 is 0 Å². The Hall–Kier alpha value is -4.94. The van der Waals surface area contributed by atoms with E-state index >= 15 is 0 Å². The number of carbonyl (C=O) groups is 4. The molecule has 194 valence electrons. The van der Waals surface area contributed by atoms with Gasteiger partial charge in [0.25, 0.3) is 5.91 Å². The maximum absolute atomic E-state index is 12.9. The van der Waals surface area contributed by atoms with Crippen LogP contribution in [0.15, 0.2) is 41.4 Å². The lowest BCUT2D eigenvalue weighted by molar-refractivity contribution is -0.148. The highest BCUT2D eigenvalue weighted by Gasteiger charge is 2.21. The number of aliphatic imine (C=N–C) groups is 1. The molecule has 2 aromatic rings. The molecule has 9 N–H and O–H groups in total. The topological polar surface area (TPSA) is 230 Å². The summed E-state index contributed by atoms with van der Waals surface area (Å²) < 4.78 is 5.80. The van der Waals surface area contributed by atoms with Crippen LogP contribution in [0.2, 0.25) is 0 Å². The van der Waals surface area contributed by atoms with Crippen molar-refractivity contribution in [2.75, 3.05) is 11.9 Å². The number of hydrogen-bond acceptors (Lipinski definition) is 9. The zero-order valence-electron chi connectivity index (χ0n) is 19.6. The number of nitrogen functional groups attached to an aromatic ring is 1. The summed E-state index contributed by atoms with van der Waals surface area (Å²) in [7, 11) is 0. The molecular weight excluding hydrogens is 484 g/mol. The smallest absolute Gasteiger partial charge is 0.372 e. The number of Topliss-reactive ketones (excluding diaryl/α,β-unsaturated/α-hetero) is 1. The third-order valence-electron chi connectivity index (χ3n) is 5.50. The van der Waals surface area contributed by atoms with Crippen LogP contribution in [0.5, 0.6) is 5.75 Å². The van der Waals surface area contributed by atoms with E-state index in [1.807, 2.05) is 0 Å². The van der Waals surface area contributed by atoms with Crippen LogP contribution < -0.4 is 26.8 Å². The van der Waals surface area contributed by atoms with Crippen LogP contribution in [-0.2, 0) is 27.3 Å². The van der Waals surface area contributed by atoms with Crippen molar-refractivity contribution >= 4 is 41.1 Å². The van der Waals surface area contributed by atoms with Crippen molar-refractivity contribution in [3.05, 3.63) is 58.7 Å². The third-order valence-corrected chi connectivity index (χ3v) is 5.50. The standard InChI is InChI=1S/C24H26N6O7/c25-21(26)13-2-1-12(8-18(31)23(35)36)19(9-13)37-11-16(4-6-20(32)33)29-22(34)14-3-5-17-15(7-14)10-28-24(27)30-17/h1-3,5,7,9,16H,4,6,8,10-11H2,(H3,25,26)(H,29,34)(H,32,33)(H,35,36)(H3,27,28,30). The van der Waals surface area contributed by atoms with E-state index in [2.05, 4.69) is 15.6 Å². The molecule has 0 saturated carbocycles. The molecule has 1 amide bonds. The van der Waals surface area contributed by atoms with Gasteiger partial charge in [0, 0.05) is 35.2 Å². The number of hydrogen-bond donors (Lipinski definition) is 7. The molecule has 0 aliphatic carbocycles. The monoisotopic (exact) mass is 510 g/mol. The molecule has 37 heavy (non-hydrogen) atoms. The summed E-state index contributed by atoms with van der Waals surface area (Å²) in [6.07, 6.45) is -0.691. The normalized spacial score (nSPS) is 12.8. The summed E-state index contributed by atoms with van der Waals surface area (Å²) in [5, 5.41) is 31.4. The predicted octanol–water partition coefficient (Wildman–Crippen LogP) is 0.449. The van der Waals surface area contributed by atoms with Gasteiger partial charge < -0.3 is 37.1 Å².